The van der Waals surface area contributed by atoms with Gasteiger partial charge in [0.1, 0.15) is 0 Å². The van der Waals surface area contributed by atoms with Crippen molar-refractivity contribution in [2.24, 2.45) is 0 Å². The molecule has 1 aliphatic heterocycles. The van der Waals surface area contributed by atoms with E-state index in [-0.39, 0.29) is 6.10 Å². The predicted molar refractivity (Wildman–Crippen MR) is 96.5 cm³/mol. The van der Waals surface area contributed by atoms with Gasteiger partial charge < -0.3 is 14.0 Å². The minimum Gasteiger partial charge on any atom is -0.379 e. The molecule has 1 saturated heterocycles. The van der Waals surface area contributed by atoms with Crippen LogP contribution < -0.4 is 0 Å². The largest absolute Gasteiger partial charge is 0.640 e. The van der Waals surface area contributed by atoms with Crippen LogP contribution in [0.1, 0.15) is 44.9 Å². The predicted octanol–water partition coefficient (Wildman–Crippen LogP) is 4.58. The topological polar surface area (TPSA) is 27.7 Å². The van der Waals surface area contributed by atoms with Gasteiger partial charge in [-0.25, -0.2) is 0 Å². The standard InChI is InChI=1S/C20H25BO3/c1-19(2)20(3,4)24-21(23-19)22-18(17-13-9-6-10-14-17)15-16-11-7-5-8-12-16/h5-14,18H,15H2,1-4H3/t18-/m1/s1. The van der Waals surface area contributed by atoms with Gasteiger partial charge in [-0.2, -0.15) is 0 Å². The van der Waals surface area contributed by atoms with Crippen molar-refractivity contribution in [3.8, 4) is 0 Å². The average Bonchev–Trinajstić information content (AvgIpc) is 2.75. The van der Waals surface area contributed by atoms with Crippen molar-refractivity contribution in [3.05, 3.63) is 71.8 Å². The molecule has 0 aromatic heterocycles. The number of benzene rings is 2. The maximum atomic E-state index is 6.23. The smallest absolute Gasteiger partial charge is 0.379 e. The Kier molecular flexibility index (Phi) is 4.82. The zero-order chi connectivity index (χ0) is 17.2. The van der Waals surface area contributed by atoms with Gasteiger partial charge in [-0.3, -0.25) is 0 Å². The molecule has 24 heavy (non-hydrogen) atoms. The summed E-state index contributed by atoms with van der Waals surface area (Å²) in [5.74, 6) is 0. The molecule has 0 saturated carbocycles. The monoisotopic (exact) mass is 324 g/mol. The fraction of sp³-hybridized carbons (Fsp3) is 0.400. The summed E-state index contributed by atoms with van der Waals surface area (Å²) in [4.78, 5) is 0. The van der Waals surface area contributed by atoms with E-state index in [1.165, 1.54) is 5.56 Å². The zero-order valence-electron chi connectivity index (χ0n) is 14.9. The van der Waals surface area contributed by atoms with Crippen LogP contribution in [0.3, 0.4) is 0 Å². The number of hydrogen-bond acceptors (Lipinski definition) is 3. The Morgan fingerprint density at radius 2 is 1.33 bits per heavy atom. The summed E-state index contributed by atoms with van der Waals surface area (Å²) >= 11 is 0. The van der Waals surface area contributed by atoms with Gasteiger partial charge in [0.05, 0.1) is 17.3 Å². The van der Waals surface area contributed by atoms with Gasteiger partial charge in [-0.1, -0.05) is 60.7 Å². The fourth-order valence-corrected chi connectivity index (χ4v) is 2.72. The van der Waals surface area contributed by atoms with Gasteiger partial charge in [0.2, 0.25) is 0 Å². The SMILES string of the molecule is CC1(C)OB(O[C@H](Cc2ccccc2)c2ccccc2)OC1(C)C. The van der Waals surface area contributed by atoms with Gasteiger partial charge >= 0.3 is 7.32 Å². The van der Waals surface area contributed by atoms with Crippen LogP contribution in [0.5, 0.6) is 0 Å². The summed E-state index contributed by atoms with van der Waals surface area (Å²) in [6.45, 7) is 8.13. The minimum absolute atomic E-state index is 0.122. The summed E-state index contributed by atoms with van der Waals surface area (Å²) in [6.07, 6.45) is 0.651. The molecular formula is C20H25BO3. The molecule has 0 unspecified atom stereocenters. The second-order valence-corrected chi connectivity index (χ2v) is 7.27. The van der Waals surface area contributed by atoms with Crippen LogP contribution in [0, 0.1) is 0 Å². The Morgan fingerprint density at radius 3 is 1.88 bits per heavy atom. The molecule has 3 rings (SSSR count). The lowest BCUT2D eigenvalue weighted by Crippen LogP contribution is -2.41. The van der Waals surface area contributed by atoms with E-state index in [9.17, 15) is 0 Å². The Hall–Kier alpha value is -1.62. The zero-order valence-corrected chi connectivity index (χ0v) is 14.9. The molecule has 3 nitrogen and oxygen atoms in total. The van der Waals surface area contributed by atoms with E-state index in [1.807, 2.05) is 64.1 Å². The highest BCUT2D eigenvalue weighted by molar-refractivity contribution is 6.37. The first-order valence-corrected chi connectivity index (χ1v) is 8.47. The highest BCUT2D eigenvalue weighted by atomic mass is 16.8. The van der Waals surface area contributed by atoms with Crippen molar-refractivity contribution in [1.82, 2.24) is 0 Å². The van der Waals surface area contributed by atoms with Gasteiger partial charge in [0.25, 0.3) is 0 Å². The van der Waals surface area contributed by atoms with Crippen LogP contribution in [0.2, 0.25) is 0 Å². The van der Waals surface area contributed by atoms with Crippen LogP contribution in [0.15, 0.2) is 60.7 Å². The van der Waals surface area contributed by atoms with E-state index in [0.717, 1.165) is 12.0 Å². The third kappa shape index (κ3) is 3.72. The highest BCUT2D eigenvalue weighted by Crippen LogP contribution is 2.38. The second-order valence-electron chi connectivity index (χ2n) is 7.27. The summed E-state index contributed by atoms with van der Waals surface area (Å²) in [6, 6.07) is 20.6. The summed E-state index contributed by atoms with van der Waals surface area (Å²) in [7, 11) is -0.663. The summed E-state index contributed by atoms with van der Waals surface area (Å²) in [5, 5.41) is 0. The van der Waals surface area contributed by atoms with E-state index in [0.29, 0.717) is 0 Å². The first-order chi connectivity index (χ1) is 11.4. The highest BCUT2D eigenvalue weighted by Gasteiger charge is 2.53. The number of hydrogen-bond donors (Lipinski definition) is 0. The third-order valence-electron chi connectivity index (χ3n) is 4.94. The Balaban J connectivity index is 1.79. The van der Waals surface area contributed by atoms with Crippen LogP contribution in [-0.4, -0.2) is 18.5 Å². The Morgan fingerprint density at radius 1 is 0.833 bits per heavy atom. The van der Waals surface area contributed by atoms with Gasteiger partial charge in [-0.05, 0) is 38.8 Å². The van der Waals surface area contributed by atoms with E-state index in [1.54, 1.807) is 0 Å². The first-order valence-electron chi connectivity index (χ1n) is 8.47. The van der Waals surface area contributed by atoms with Gasteiger partial charge in [-0.15, -0.1) is 0 Å². The van der Waals surface area contributed by atoms with Crippen molar-refractivity contribution >= 4 is 7.32 Å². The molecular weight excluding hydrogens is 299 g/mol. The van der Waals surface area contributed by atoms with E-state index < -0.39 is 18.5 Å². The Bertz CT molecular complexity index is 639. The fourth-order valence-electron chi connectivity index (χ4n) is 2.72. The molecule has 1 heterocycles. The van der Waals surface area contributed by atoms with Gasteiger partial charge in [0, 0.05) is 6.42 Å². The van der Waals surface area contributed by atoms with E-state index >= 15 is 0 Å². The van der Waals surface area contributed by atoms with Crippen molar-refractivity contribution in [2.75, 3.05) is 0 Å². The van der Waals surface area contributed by atoms with Crippen molar-refractivity contribution in [2.45, 2.75) is 51.4 Å². The lowest BCUT2D eigenvalue weighted by molar-refractivity contribution is 0.00578. The lowest BCUT2D eigenvalue weighted by Gasteiger charge is -2.31. The third-order valence-corrected chi connectivity index (χ3v) is 4.94. The average molecular weight is 324 g/mol. The molecule has 0 bridgehead atoms. The maximum Gasteiger partial charge on any atom is 0.640 e. The molecule has 0 radical (unpaired) electrons. The molecule has 0 aliphatic carbocycles. The molecule has 4 heteroatoms. The Labute approximate surface area is 145 Å². The second kappa shape index (κ2) is 6.71. The van der Waals surface area contributed by atoms with Crippen LogP contribution in [0.25, 0.3) is 0 Å². The van der Waals surface area contributed by atoms with Crippen LogP contribution >= 0.6 is 0 Å². The molecule has 1 fully saturated rings. The van der Waals surface area contributed by atoms with Crippen molar-refractivity contribution in [3.63, 3.8) is 0 Å². The quantitative estimate of drug-likeness (QED) is 0.754. The molecule has 1 atom stereocenters. The van der Waals surface area contributed by atoms with Crippen molar-refractivity contribution < 1.29 is 14.0 Å². The van der Waals surface area contributed by atoms with Crippen LogP contribution in [0.4, 0.5) is 0 Å². The number of rotatable bonds is 5. The molecule has 126 valence electrons. The normalized spacial score (nSPS) is 20.1. The minimum atomic E-state index is -0.663. The molecule has 2 aromatic rings. The summed E-state index contributed by atoms with van der Waals surface area (Å²) < 4.78 is 18.2. The molecule has 2 aromatic carbocycles. The van der Waals surface area contributed by atoms with E-state index in [2.05, 4.69) is 24.3 Å². The van der Waals surface area contributed by atoms with E-state index in [4.69, 9.17) is 14.0 Å². The van der Waals surface area contributed by atoms with Crippen LogP contribution in [-0.2, 0) is 20.4 Å². The molecule has 0 amide bonds. The lowest BCUT2D eigenvalue weighted by atomic mass is 9.90. The molecule has 0 spiro atoms. The maximum absolute atomic E-state index is 6.23. The molecule has 1 aliphatic rings. The van der Waals surface area contributed by atoms with Crippen molar-refractivity contribution in [1.29, 1.82) is 0 Å². The first kappa shape index (κ1) is 17.2. The molecule has 0 N–H and O–H groups in total. The van der Waals surface area contributed by atoms with Gasteiger partial charge in [0.15, 0.2) is 0 Å². The summed E-state index contributed by atoms with van der Waals surface area (Å²) in [5.41, 5.74) is 1.55.